The number of halogens is 2. The molecule has 0 unspecified atom stereocenters. The Balaban J connectivity index is 1.19. The minimum absolute atomic E-state index is 0.565. The standard InChI is InChI=1S/C21H25Cl2N5S/c1-14-12-29-21-19(14)20(26-13-27-21)25-7-6-24-16-4-8-28(9-5-16)11-15-2-3-17(22)18(23)10-15/h2-3,10,12-13,16,24H,4-9,11H2,1H3,(H,25,26,27). The third kappa shape index (κ3) is 5.19. The van der Waals surface area contributed by atoms with Gasteiger partial charge in [-0.05, 0) is 61.5 Å². The summed E-state index contributed by atoms with van der Waals surface area (Å²) in [4.78, 5) is 12.3. The summed E-state index contributed by atoms with van der Waals surface area (Å²) in [5.74, 6) is 0.937. The molecule has 0 atom stereocenters. The number of nitrogens with one attached hydrogen (secondary N) is 2. The van der Waals surface area contributed by atoms with Gasteiger partial charge in [0.05, 0.1) is 15.4 Å². The number of aryl methyl sites for hydroxylation is 1. The molecule has 2 N–H and O–H groups in total. The van der Waals surface area contributed by atoms with Gasteiger partial charge in [-0.15, -0.1) is 11.3 Å². The topological polar surface area (TPSA) is 53.1 Å². The summed E-state index contributed by atoms with van der Waals surface area (Å²) in [5, 5.41) is 11.7. The fourth-order valence-corrected chi connectivity index (χ4v) is 5.01. The van der Waals surface area contributed by atoms with E-state index in [9.17, 15) is 0 Å². The van der Waals surface area contributed by atoms with Crippen LogP contribution in [0.1, 0.15) is 24.0 Å². The molecular weight excluding hydrogens is 425 g/mol. The maximum atomic E-state index is 6.13. The first-order valence-electron chi connectivity index (χ1n) is 9.92. The number of hydrogen-bond acceptors (Lipinski definition) is 6. The molecular formula is C21H25Cl2N5S. The number of anilines is 1. The molecule has 0 amide bonds. The first kappa shape index (κ1) is 20.8. The Kier molecular flexibility index (Phi) is 6.88. The van der Waals surface area contributed by atoms with E-state index in [1.54, 1.807) is 17.7 Å². The zero-order valence-electron chi connectivity index (χ0n) is 16.4. The fraction of sp³-hybridized carbons (Fsp3) is 0.429. The van der Waals surface area contributed by atoms with Crippen molar-refractivity contribution in [2.24, 2.45) is 0 Å². The lowest BCUT2D eigenvalue weighted by Crippen LogP contribution is -2.43. The molecule has 8 heteroatoms. The van der Waals surface area contributed by atoms with Gasteiger partial charge in [0.2, 0.25) is 0 Å². The second-order valence-electron chi connectivity index (χ2n) is 7.50. The van der Waals surface area contributed by atoms with Crippen LogP contribution in [-0.2, 0) is 6.54 Å². The molecule has 3 aromatic rings. The molecule has 29 heavy (non-hydrogen) atoms. The van der Waals surface area contributed by atoms with Crippen LogP contribution in [0.15, 0.2) is 29.9 Å². The number of thiophene rings is 1. The first-order valence-corrected chi connectivity index (χ1v) is 11.6. The molecule has 1 fully saturated rings. The van der Waals surface area contributed by atoms with E-state index in [0.29, 0.717) is 16.1 Å². The lowest BCUT2D eigenvalue weighted by Gasteiger charge is -2.32. The minimum atomic E-state index is 0.565. The van der Waals surface area contributed by atoms with Gasteiger partial charge in [-0.2, -0.15) is 0 Å². The van der Waals surface area contributed by atoms with Gasteiger partial charge in [-0.3, -0.25) is 4.90 Å². The number of piperidine rings is 1. The third-order valence-corrected chi connectivity index (χ3v) is 7.13. The summed E-state index contributed by atoms with van der Waals surface area (Å²) in [6.07, 6.45) is 3.95. The summed E-state index contributed by atoms with van der Waals surface area (Å²) in [7, 11) is 0. The molecule has 1 aromatic carbocycles. The van der Waals surface area contributed by atoms with Gasteiger partial charge in [0.1, 0.15) is 17.0 Å². The van der Waals surface area contributed by atoms with Gasteiger partial charge in [-0.25, -0.2) is 9.97 Å². The van der Waals surface area contributed by atoms with Gasteiger partial charge in [0.25, 0.3) is 0 Å². The monoisotopic (exact) mass is 449 g/mol. The molecule has 0 aliphatic carbocycles. The summed E-state index contributed by atoms with van der Waals surface area (Å²) in [6, 6.07) is 6.47. The van der Waals surface area contributed by atoms with E-state index in [0.717, 1.165) is 61.6 Å². The lowest BCUT2D eigenvalue weighted by atomic mass is 10.0. The average molecular weight is 450 g/mol. The van der Waals surface area contributed by atoms with Gasteiger partial charge in [0.15, 0.2) is 0 Å². The maximum Gasteiger partial charge on any atom is 0.138 e. The van der Waals surface area contributed by atoms with Crippen LogP contribution in [0.3, 0.4) is 0 Å². The van der Waals surface area contributed by atoms with Gasteiger partial charge >= 0.3 is 0 Å². The van der Waals surface area contributed by atoms with Crippen molar-refractivity contribution in [2.75, 3.05) is 31.5 Å². The third-order valence-electron chi connectivity index (χ3n) is 5.38. The number of likely N-dealkylation sites (tertiary alicyclic amines) is 1. The Morgan fingerprint density at radius 3 is 2.76 bits per heavy atom. The van der Waals surface area contributed by atoms with E-state index < -0.39 is 0 Å². The average Bonchev–Trinajstić information content (AvgIpc) is 3.11. The molecule has 0 radical (unpaired) electrons. The molecule has 1 aliphatic heterocycles. The van der Waals surface area contributed by atoms with Crippen molar-refractivity contribution in [1.29, 1.82) is 0 Å². The van der Waals surface area contributed by atoms with Crippen LogP contribution in [0.25, 0.3) is 10.2 Å². The van der Waals surface area contributed by atoms with Crippen LogP contribution in [-0.4, -0.2) is 47.1 Å². The van der Waals surface area contributed by atoms with Crippen molar-refractivity contribution in [3.8, 4) is 0 Å². The van der Waals surface area contributed by atoms with Crippen molar-refractivity contribution in [1.82, 2.24) is 20.2 Å². The molecule has 5 nitrogen and oxygen atoms in total. The first-order chi connectivity index (χ1) is 14.1. The molecule has 3 heterocycles. The van der Waals surface area contributed by atoms with Crippen LogP contribution >= 0.6 is 34.5 Å². The van der Waals surface area contributed by atoms with Gasteiger partial charge in [-0.1, -0.05) is 29.3 Å². The zero-order valence-corrected chi connectivity index (χ0v) is 18.7. The maximum absolute atomic E-state index is 6.13. The van der Waals surface area contributed by atoms with E-state index in [2.05, 4.69) is 43.9 Å². The quantitative estimate of drug-likeness (QED) is 0.498. The molecule has 0 saturated carbocycles. The van der Waals surface area contributed by atoms with Crippen LogP contribution in [0.4, 0.5) is 5.82 Å². The van der Waals surface area contributed by atoms with E-state index in [1.165, 1.54) is 11.1 Å². The highest BCUT2D eigenvalue weighted by molar-refractivity contribution is 7.17. The largest absolute Gasteiger partial charge is 0.368 e. The number of aromatic nitrogens is 2. The fourth-order valence-electron chi connectivity index (χ4n) is 3.80. The normalized spacial score (nSPS) is 15.8. The van der Waals surface area contributed by atoms with Crippen LogP contribution in [0.5, 0.6) is 0 Å². The number of hydrogen-bond donors (Lipinski definition) is 2. The second kappa shape index (κ2) is 9.58. The molecule has 154 valence electrons. The number of nitrogens with zero attached hydrogens (tertiary/aromatic N) is 3. The molecule has 0 spiro atoms. The minimum Gasteiger partial charge on any atom is -0.368 e. The summed E-state index contributed by atoms with van der Waals surface area (Å²) in [5.41, 5.74) is 2.45. The van der Waals surface area contributed by atoms with E-state index in [1.807, 2.05) is 12.1 Å². The van der Waals surface area contributed by atoms with Crippen molar-refractivity contribution >= 4 is 50.6 Å². The number of fused-ring (bicyclic) bond motifs is 1. The van der Waals surface area contributed by atoms with Crippen molar-refractivity contribution in [3.63, 3.8) is 0 Å². The van der Waals surface area contributed by atoms with Crippen LogP contribution in [0.2, 0.25) is 10.0 Å². The molecule has 1 saturated heterocycles. The van der Waals surface area contributed by atoms with E-state index in [-0.39, 0.29) is 0 Å². The van der Waals surface area contributed by atoms with Gasteiger partial charge < -0.3 is 10.6 Å². The zero-order chi connectivity index (χ0) is 20.2. The molecule has 2 aromatic heterocycles. The van der Waals surface area contributed by atoms with Crippen LogP contribution < -0.4 is 10.6 Å². The Morgan fingerprint density at radius 1 is 1.14 bits per heavy atom. The smallest absolute Gasteiger partial charge is 0.138 e. The van der Waals surface area contributed by atoms with Crippen molar-refractivity contribution in [3.05, 3.63) is 51.1 Å². The number of benzene rings is 1. The van der Waals surface area contributed by atoms with Crippen molar-refractivity contribution < 1.29 is 0 Å². The Morgan fingerprint density at radius 2 is 1.97 bits per heavy atom. The van der Waals surface area contributed by atoms with Crippen molar-refractivity contribution in [2.45, 2.75) is 32.4 Å². The number of rotatable bonds is 7. The highest BCUT2D eigenvalue weighted by Crippen LogP contribution is 2.28. The van der Waals surface area contributed by atoms with Gasteiger partial charge in [0, 0.05) is 25.7 Å². The second-order valence-corrected chi connectivity index (χ2v) is 9.17. The molecule has 0 bridgehead atoms. The SMILES string of the molecule is Cc1csc2ncnc(NCCNC3CCN(Cc4ccc(Cl)c(Cl)c4)CC3)c12. The van der Waals surface area contributed by atoms with E-state index >= 15 is 0 Å². The van der Waals surface area contributed by atoms with Crippen LogP contribution in [0, 0.1) is 6.92 Å². The Labute approximate surface area is 185 Å². The predicted molar refractivity (Wildman–Crippen MR) is 123 cm³/mol. The lowest BCUT2D eigenvalue weighted by molar-refractivity contribution is 0.191. The highest BCUT2D eigenvalue weighted by Gasteiger charge is 2.19. The predicted octanol–water partition coefficient (Wildman–Crippen LogP) is 4.97. The summed E-state index contributed by atoms with van der Waals surface area (Å²) >= 11 is 13.8. The Hall–Kier alpha value is -1.44. The summed E-state index contributed by atoms with van der Waals surface area (Å²) in [6.45, 7) is 6.99. The summed E-state index contributed by atoms with van der Waals surface area (Å²) < 4.78 is 0. The van der Waals surface area contributed by atoms with E-state index in [4.69, 9.17) is 23.2 Å². The molecule has 4 rings (SSSR count). The molecule has 1 aliphatic rings. The highest BCUT2D eigenvalue weighted by atomic mass is 35.5. The Bertz CT molecular complexity index is 969.